The molecule has 26 heavy (non-hydrogen) atoms. The minimum absolute atomic E-state index is 0.116. The lowest BCUT2D eigenvalue weighted by molar-refractivity contribution is -0.122. The molecule has 1 unspecified atom stereocenters. The van der Waals surface area contributed by atoms with Gasteiger partial charge >= 0.3 is 6.02 Å². The number of carbonyl (C=O) groups is 1. The molecule has 0 radical (unpaired) electrons. The predicted octanol–water partition coefficient (Wildman–Crippen LogP) is 4.05. The summed E-state index contributed by atoms with van der Waals surface area (Å²) in [5.41, 5.74) is 2.22. The van der Waals surface area contributed by atoms with Gasteiger partial charge in [-0.1, -0.05) is 19.1 Å². The van der Waals surface area contributed by atoms with Crippen LogP contribution in [-0.4, -0.2) is 42.5 Å². The lowest BCUT2D eigenvalue weighted by atomic mass is 10.1. The van der Waals surface area contributed by atoms with Crippen LogP contribution in [0.4, 0.5) is 5.69 Å². The van der Waals surface area contributed by atoms with E-state index in [1.54, 1.807) is 4.90 Å². The molecule has 1 aromatic carbocycles. The normalized spacial score (nSPS) is 22.2. The summed E-state index contributed by atoms with van der Waals surface area (Å²) in [5.74, 6) is 0.231. The first-order valence-corrected chi connectivity index (χ1v) is 9.76. The Labute approximate surface area is 156 Å². The molecule has 1 aromatic rings. The maximum absolute atomic E-state index is 12.6. The molecule has 1 amide bonds. The van der Waals surface area contributed by atoms with E-state index in [0.717, 1.165) is 25.1 Å². The standard InChI is InChI=1S/C21H29N3O2/c1-4-16(3)22-21-24(5-2)20(25)19(26-21)15-17-9-11-18(12-10-17)23-13-7-6-8-14-23/h9-12,15-16H,4-8,13-14H2,1-3H3/b19-15+,22-21+. The van der Waals surface area contributed by atoms with E-state index >= 15 is 0 Å². The number of nitrogens with zero attached hydrogens (tertiary/aromatic N) is 3. The van der Waals surface area contributed by atoms with Gasteiger partial charge in [0, 0.05) is 25.3 Å². The SMILES string of the molecule is CCC(C)/N=C1/O/C(=C/c2ccc(N3CCCCC3)cc2)C(=O)N1CC. The van der Waals surface area contributed by atoms with E-state index < -0.39 is 0 Å². The van der Waals surface area contributed by atoms with E-state index in [1.807, 2.05) is 32.1 Å². The van der Waals surface area contributed by atoms with Crippen LogP contribution in [0.25, 0.3) is 6.08 Å². The number of amides is 1. The second kappa shape index (κ2) is 8.39. The molecule has 0 spiro atoms. The van der Waals surface area contributed by atoms with Gasteiger partial charge in [0.05, 0.1) is 6.04 Å². The predicted molar refractivity (Wildman–Crippen MR) is 106 cm³/mol. The monoisotopic (exact) mass is 355 g/mol. The molecule has 3 rings (SSSR count). The van der Waals surface area contributed by atoms with E-state index in [1.165, 1.54) is 24.9 Å². The second-order valence-electron chi connectivity index (χ2n) is 6.97. The number of hydrogen-bond donors (Lipinski definition) is 0. The number of hydrogen-bond acceptors (Lipinski definition) is 4. The molecule has 0 aromatic heterocycles. The van der Waals surface area contributed by atoms with E-state index in [4.69, 9.17) is 4.74 Å². The third-order valence-electron chi connectivity index (χ3n) is 5.04. The van der Waals surface area contributed by atoms with Gasteiger partial charge < -0.3 is 9.64 Å². The van der Waals surface area contributed by atoms with Gasteiger partial charge in [0.1, 0.15) is 0 Å². The van der Waals surface area contributed by atoms with Crippen LogP contribution in [0, 0.1) is 0 Å². The first-order valence-electron chi connectivity index (χ1n) is 9.76. The molecular weight excluding hydrogens is 326 g/mol. The van der Waals surface area contributed by atoms with E-state index in [-0.39, 0.29) is 11.9 Å². The average molecular weight is 355 g/mol. The summed E-state index contributed by atoms with van der Waals surface area (Å²) < 4.78 is 5.78. The number of likely N-dealkylation sites (N-methyl/N-ethyl adjacent to an activating group) is 1. The summed E-state index contributed by atoms with van der Waals surface area (Å²) >= 11 is 0. The number of anilines is 1. The van der Waals surface area contributed by atoms with Gasteiger partial charge in [0.15, 0.2) is 5.76 Å². The fourth-order valence-corrected chi connectivity index (χ4v) is 3.25. The van der Waals surface area contributed by atoms with Gasteiger partial charge in [0.2, 0.25) is 0 Å². The van der Waals surface area contributed by atoms with Crippen molar-refractivity contribution in [3.8, 4) is 0 Å². The Bertz CT molecular complexity index is 688. The van der Waals surface area contributed by atoms with Gasteiger partial charge in [-0.15, -0.1) is 0 Å². The number of piperidine rings is 1. The van der Waals surface area contributed by atoms with Crippen LogP contribution in [0.3, 0.4) is 0 Å². The van der Waals surface area contributed by atoms with Crippen LogP contribution < -0.4 is 4.90 Å². The Morgan fingerprint density at radius 2 is 1.85 bits per heavy atom. The van der Waals surface area contributed by atoms with Crippen LogP contribution in [-0.2, 0) is 9.53 Å². The van der Waals surface area contributed by atoms with Crippen molar-refractivity contribution in [1.82, 2.24) is 4.90 Å². The molecule has 140 valence electrons. The van der Waals surface area contributed by atoms with Gasteiger partial charge in [-0.25, -0.2) is 4.99 Å². The summed E-state index contributed by atoms with van der Waals surface area (Å²) in [4.78, 5) is 21.1. The molecule has 2 aliphatic rings. The quantitative estimate of drug-likeness (QED) is 0.749. The Balaban J connectivity index is 1.76. The molecule has 0 saturated carbocycles. The maximum Gasteiger partial charge on any atom is 0.300 e. The first-order chi connectivity index (χ1) is 12.6. The molecule has 5 heteroatoms. The highest BCUT2D eigenvalue weighted by Gasteiger charge is 2.33. The smallest absolute Gasteiger partial charge is 0.300 e. The maximum atomic E-state index is 12.6. The summed E-state index contributed by atoms with van der Waals surface area (Å²) in [6.45, 7) is 8.84. The number of amidine groups is 1. The molecule has 5 nitrogen and oxygen atoms in total. The zero-order valence-corrected chi connectivity index (χ0v) is 16.1. The van der Waals surface area contributed by atoms with Crippen molar-refractivity contribution in [2.75, 3.05) is 24.5 Å². The molecule has 0 bridgehead atoms. The number of aliphatic imine (C=N–C) groups is 1. The molecule has 2 fully saturated rings. The van der Waals surface area contributed by atoms with Crippen LogP contribution in [0.5, 0.6) is 0 Å². The van der Waals surface area contributed by atoms with Crippen LogP contribution in [0.1, 0.15) is 52.0 Å². The van der Waals surface area contributed by atoms with Gasteiger partial charge in [0.25, 0.3) is 5.91 Å². The topological polar surface area (TPSA) is 45.1 Å². The Kier molecular flexibility index (Phi) is 5.96. The number of benzene rings is 1. The summed E-state index contributed by atoms with van der Waals surface area (Å²) in [6, 6.07) is 8.91. The van der Waals surface area contributed by atoms with Crippen LogP contribution in [0.2, 0.25) is 0 Å². The number of rotatable bonds is 5. The summed E-state index contributed by atoms with van der Waals surface area (Å²) in [7, 11) is 0. The van der Waals surface area contributed by atoms with Crippen molar-refractivity contribution in [3.63, 3.8) is 0 Å². The minimum atomic E-state index is -0.116. The Hall–Kier alpha value is -2.30. The minimum Gasteiger partial charge on any atom is -0.420 e. The fourth-order valence-electron chi connectivity index (χ4n) is 3.25. The van der Waals surface area contributed by atoms with Gasteiger partial charge in [-0.2, -0.15) is 0 Å². The second-order valence-corrected chi connectivity index (χ2v) is 6.97. The third-order valence-corrected chi connectivity index (χ3v) is 5.04. The van der Waals surface area contributed by atoms with Crippen LogP contribution in [0.15, 0.2) is 35.0 Å². The highest BCUT2D eigenvalue weighted by atomic mass is 16.5. The Morgan fingerprint density at radius 3 is 2.46 bits per heavy atom. The molecular formula is C21H29N3O2. The lowest BCUT2D eigenvalue weighted by Gasteiger charge is -2.28. The summed E-state index contributed by atoms with van der Waals surface area (Å²) in [5, 5.41) is 0. The largest absolute Gasteiger partial charge is 0.420 e. The van der Waals surface area contributed by atoms with Gasteiger partial charge in [-0.3, -0.25) is 9.69 Å². The highest BCUT2D eigenvalue weighted by Crippen LogP contribution is 2.23. The lowest BCUT2D eigenvalue weighted by Crippen LogP contribution is -2.30. The van der Waals surface area contributed by atoms with Crippen molar-refractivity contribution in [2.24, 2.45) is 4.99 Å². The fraction of sp³-hybridized carbons (Fsp3) is 0.524. The summed E-state index contributed by atoms with van der Waals surface area (Å²) in [6.07, 6.45) is 6.58. The van der Waals surface area contributed by atoms with E-state index in [0.29, 0.717) is 18.3 Å². The molecule has 2 heterocycles. The molecule has 0 aliphatic carbocycles. The zero-order chi connectivity index (χ0) is 18.5. The molecule has 0 N–H and O–H groups in total. The number of ether oxygens (including phenoxy) is 1. The molecule has 2 aliphatic heterocycles. The average Bonchev–Trinajstić information content (AvgIpc) is 2.97. The van der Waals surface area contributed by atoms with Gasteiger partial charge in [-0.05, 0) is 63.3 Å². The van der Waals surface area contributed by atoms with Crippen molar-refractivity contribution < 1.29 is 9.53 Å². The van der Waals surface area contributed by atoms with Crippen molar-refractivity contribution >= 4 is 23.7 Å². The molecule has 1 atom stereocenters. The first kappa shape index (κ1) is 18.5. The zero-order valence-electron chi connectivity index (χ0n) is 16.1. The number of carbonyl (C=O) groups excluding carboxylic acids is 1. The third kappa shape index (κ3) is 4.09. The van der Waals surface area contributed by atoms with E-state index in [2.05, 4.69) is 28.9 Å². The Morgan fingerprint density at radius 1 is 1.15 bits per heavy atom. The van der Waals surface area contributed by atoms with Crippen molar-refractivity contribution in [3.05, 3.63) is 35.6 Å². The van der Waals surface area contributed by atoms with Crippen molar-refractivity contribution in [1.29, 1.82) is 0 Å². The highest BCUT2D eigenvalue weighted by molar-refractivity contribution is 6.11. The molecule has 2 saturated heterocycles. The van der Waals surface area contributed by atoms with E-state index in [9.17, 15) is 4.79 Å². The van der Waals surface area contributed by atoms with Crippen LogP contribution >= 0.6 is 0 Å². The van der Waals surface area contributed by atoms with Crippen molar-refractivity contribution in [2.45, 2.75) is 52.5 Å².